The highest BCUT2D eigenvalue weighted by molar-refractivity contribution is 6.11. The third-order valence-electron chi connectivity index (χ3n) is 9.45. The predicted octanol–water partition coefficient (Wildman–Crippen LogP) is 8.76. The molecular weight excluding hydrogens is 448 g/mol. The Bertz CT molecular complexity index is 1990. The van der Waals surface area contributed by atoms with Gasteiger partial charge in [0.15, 0.2) is 0 Å². The monoisotopic (exact) mass is 478 g/mol. The minimum absolute atomic E-state index is 0.130. The van der Waals surface area contributed by atoms with Crippen LogP contribution in [0.1, 0.15) is 30.9 Å². The van der Waals surface area contributed by atoms with E-state index in [0.29, 0.717) is 11.8 Å². The molecule has 0 spiro atoms. The van der Waals surface area contributed by atoms with E-state index < -0.39 is 0 Å². The van der Waals surface area contributed by atoms with Crippen molar-refractivity contribution in [3.63, 3.8) is 0 Å². The van der Waals surface area contributed by atoms with Crippen molar-refractivity contribution < 1.29 is 0 Å². The van der Waals surface area contributed by atoms with Gasteiger partial charge in [0.25, 0.3) is 0 Å². The summed E-state index contributed by atoms with van der Waals surface area (Å²) in [5, 5.41) is 5.34. The fourth-order valence-corrected chi connectivity index (χ4v) is 7.41. The van der Waals surface area contributed by atoms with Crippen molar-refractivity contribution in [1.29, 1.82) is 0 Å². The Morgan fingerprint density at radius 2 is 1.19 bits per heavy atom. The van der Waals surface area contributed by atoms with Gasteiger partial charge in [-0.3, -0.25) is 0 Å². The Morgan fingerprint density at radius 1 is 0.595 bits per heavy atom. The molecule has 0 fully saturated rings. The number of aromatic nitrogens is 2. The predicted molar refractivity (Wildman–Crippen MR) is 157 cm³/mol. The number of hydrogen-bond donors (Lipinski definition) is 0. The molecule has 2 heteroatoms. The first kappa shape index (κ1) is 21.1. The molecule has 2 nitrogen and oxygen atoms in total. The molecule has 2 aromatic heterocycles. The van der Waals surface area contributed by atoms with E-state index in [4.69, 9.17) is 0 Å². The van der Waals surface area contributed by atoms with E-state index in [1.54, 1.807) is 0 Å². The summed E-state index contributed by atoms with van der Waals surface area (Å²) in [6.07, 6.45) is 9.26. The number of allylic oxidation sites excluding steroid dienone is 4. The van der Waals surface area contributed by atoms with Gasteiger partial charge in [-0.15, -0.1) is 0 Å². The fraction of sp³-hybridized carbons (Fsp3) is 0.200. The third kappa shape index (κ3) is 2.65. The molecule has 0 saturated carbocycles. The number of aryl methyl sites for hydroxylation is 2. The van der Waals surface area contributed by atoms with Crippen LogP contribution in [0.25, 0.3) is 54.7 Å². The molecule has 2 aliphatic rings. The number of para-hydroxylation sites is 1. The molecule has 8 rings (SSSR count). The normalized spacial score (nSPS) is 19.9. The molecule has 4 aromatic carbocycles. The summed E-state index contributed by atoms with van der Waals surface area (Å²) in [5.74, 6) is 0.991. The van der Waals surface area contributed by atoms with Crippen molar-refractivity contribution in [2.24, 2.45) is 20.0 Å². The van der Waals surface area contributed by atoms with Crippen LogP contribution in [0.15, 0.2) is 97.1 Å². The van der Waals surface area contributed by atoms with E-state index in [9.17, 15) is 0 Å². The van der Waals surface area contributed by atoms with E-state index in [1.807, 2.05) is 0 Å². The molecule has 0 bridgehead atoms. The van der Waals surface area contributed by atoms with Crippen molar-refractivity contribution >= 4 is 43.6 Å². The van der Waals surface area contributed by atoms with Crippen molar-refractivity contribution in [3.8, 4) is 11.1 Å². The lowest BCUT2D eigenvalue weighted by atomic mass is 9.74. The van der Waals surface area contributed by atoms with Gasteiger partial charge in [0.2, 0.25) is 0 Å². The van der Waals surface area contributed by atoms with Crippen LogP contribution < -0.4 is 0 Å². The topological polar surface area (TPSA) is 9.86 Å². The molecule has 180 valence electrons. The zero-order valence-corrected chi connectivity index (χ0v) is 21.8. The van der Waals surface area contributed by atoms with Gasteiger partial charge >= 0.3 is 0 Å². The zero-order chi connectivity index (χ0) is 25.1. The first-order valence-corrected chi connectivity index (χ1v) is 13.3. The SMILES string of the molecule is Cn1c2ccccc2c2cc(-c3ccc4c(c3)c3cc5c(cc3n4C)C(C)(C)C3C=CC=CC53)ccc21. The largest absolute Gasteiger partial charge is 0.344 e. The van der Waals surface area contributed by atoms with Crippen molar-refractivity contribution in [3.05, 3.63) is 108 Å². The van der Waals surface area contributed by atoms with Gasteiger partial charge in [0, 0.05) is 63.6 Å². The van der Waals surface area contributed by atoms with E-state index in [-0.39, 0.29) is 5.41 Å². The Labute approximate surface area is 217 Å². The van der Waals surface area contributed by atoms with Crippen molar-refractivity contribution in [2.45, 2.75) is 25.2 Å². The maximum Gasteiger partial charge on any atom is 0.0491 e. The number of benzene rings is 4. The highest BCUT2D eigenvalue weighted by atomic mass is 14.9. The Kier molecular flexibility index (Phi) is 4.01. The van der Waals surface area contributed by atoms with Gasteiger partial charge in [0.1, 0.15) is 0 Å². The number of rotatable bonds is 1. The van der Waals surface area contributed by atoms with Crippen LogP contribution >= 0.6 is 0 Å². The number of fused-ring (bicyclic) bond motifs is 9. The summed E-state index contributed by atoms with van der Waals surface area (Å²) in [4.78, 5) is 0. The van der Waals surface area contributed by atoms with Gasteiger partial charge in [-0.1, -0.05) is 68.5 Å². The third-order valence-corrected chi connectivity index (χ3v) is 9.45. The molecule has 2 aliphatic carbocycles. The summed E-state index contributed by atoms with van der Waals surface area (Å²) in [5.41, 5.74) is 10.8. The Hall–Kier alpha value is -4.04. The van der Waals surface area contributed by atoms with Crippen molar-refractivity contribution in [2.75, 3.05) is 0 Å². The minimum atomic E-state index is 0.130. The maximum atomic E-state index is 2.50. The summed E-state index contributed by atoms with van der Waals surface area (Å²) in [6, 6.07) is 27.6. The average Bonchev–Trinajstić information content (AvgIpc) is 3.46. The second kappa shape index (κ2) is 7.04. The van der Waals surface area contributed by atoms with Gasteiger partial charge < -0.3 is 9.13 Å². The highest BCUT2D eigenvalue weighted by Crippen LogP contribution is 2.54. The standard InChI is InChI=1S/C35H30N2/c1-35(2)29-11-7-5-9-23(29)25-19-28-27-18-22(14-16-33(27)37(4)34(28)20-30(25)35)21-13-15-32-26(17-21)24-10-6-8-12-31(24)36(32)3/h5-20,23,29H,1-4H3. The molecule has 6 aromatic rings. The number of hydrogen-bond acceptors (Lipinski definition) is 0. The average molecular weight is 479 g/mol. The molecule has 2 unspecified atom stereocenters. The smallest absolute Gasteiger partial charge is 0.0491 e. The van der Waals surface area contributed by atoms with Crippen molar-refractivity contribution in [1.82, 2.24) is 9.13 Å². The van der Waals surface area contributed by atoms with Crippen LogP contribution in [0.2, 0.25) is 0 Å². The molecule has 2 heterocycles. The summed E-state index contributed by atoms with van der Waals surface area (Å²) in [6.45, 7) is 4.83. The second-order valence-electron chi connectivity index (χ2n) is 11.6. The van der Waals surface area contributed by atoms with Crippen LogP contribution in [0.3, 0.4) is 0 Å². The van der Waals surface area contributed by atoms with E-state index >= 15 is 0 Å². The van der Waals surface area contributed by atoms with Crippen LogP contribution in [0, 0.1) is 5.92 Å². The molecule has 0 amide bonds. The van der Waals surface area contributed by atoms with Crippen LogP contribution in [-0.2, 0) is 19.5 Å². The van der Waals surface area contributed by atoms with Crippen LogP contribution in [0.5, 0.6) is 0 Å². The lowest BCUT2D eigenvalue weighted by molar-refractivity contribution is 0.394. The molecular formula is C35H30N2. The molecule has 0 saturated heterocycles. The second-order valence-corrected chi connectivity index (χ2v) is 11.6. The lowest BCUT2D eigenvalue weighted by Crippen LogP contribution is -2.24. The zero-order valence-electron chi connectivity index (χ0n) is 21.8. The number of nitrogens with zero attached hydrogens (tertiary/aromatic N) is 2. The van der Waals surface area contributed by atoms with Crippen LogP contribution in [0.4, 0.5) is 0 Å². The van der Waals surface area contributed by atoms with E-state index in [1.165, 1.54) is 65.9 Å². The molecule has 2 atom stereocenters. The summed E-state index contributed by atoms with van der Waals surface area (Å²) < 4.78 is 4.68. The summed E-state index contributed by atoms with van der Waals surface area (Å²) >= 11 is 0. The van der Waals surface area contributed by atoms with E-state index in [2.05, 4.69) is 134 Å². The van der Waals surface area contributed by atoms with Gasteiger partial charge in [0.05, 0.1) is 0 Å². The lowest BCUT2D eigenvalue weighted by Gasteiger charge is -2.29. The maximum absolute atomic E-state index is 2.50. The molecule has 37 heavy (non-hydrogen) atoms. The fourth-order valence-electron chi connectivity index (χ4n) is 7.41. The molecule has 0 N–H and O–H groups in total. The summed E-state index contributed by atoms with van der Waals surface area (Å²) in [7, 11) is 4.38. The quantitative estimate of drug-likeness (QED) is 0.223. The van der Waals surface area contributed by atoms with Gasteiger partial charge in [-0.25, -0.2) is 0 Å². The highest BCUT2D eigenvalue weighted by Gasteiger charge is 2.44. The first-order chi connectivity index (χ1) is 17.9. The molecule has 0 aliphatic heterocycles. The first-order valence-electron chi connectivity index (χ1n) is 13.3. The molecule has 0 radical (unpaired) electrons. The van der Waals surface area contributed by atoms with E-state index in [0.717, 1.165) is 0 Å². The minimum Gasteiger partial charge on any atom is -0.344 e. The Morgan fingerprint density at radius 3 is 1.95 bits per heavy atom. The Balaban J connectivity index is 1.35. The van der Waals surface area contributed by atoms with Crippen LogP contribution in [-0.4, -0.2) is 9.13 Å². The van der Waals surface area contributed by atoms with Gasteiger partial charge in [-0.05, 0) is 76.1 Å². The van der Waals surface area contributed by atoms with Gasteiger partial charge in [-0.2, -0.15) is 0 Å².